The molecular formula is C24H29FO7S. The van der Waals surface area contributed by atoms with E-state index in [1.807, 2.05) is 19.1 Å². The minimum atomic E-state index is -1.85. The van der Waals surface area contributed by atoms with Gasteiger partial charge >= 0.3 is 0 Å². The molecule has 9 heteroatoms. The second kappa shape index (κ2) is 11.8. The van der Waals surface area contributed by atoms with Crippen LogP contribution in [0.2, 0.25) is 0 Å². The first kappa shape index (κ1) is 27.0. The van der Waals surface area contributed by atoms with Gasteiger partial charge in [-0.2, -0.15) is 0 Å². The highest BCUT2D eigenvalue weighted by molar-refractivity contribution is 7.15. The zero-order chi connectivity index (χ0) is 23.4. The molecule has 0 saturated carbocycles. The molecule has 0 aliphatic carbocycles. The molecular weight excluding hydrogens is 451 g/mol. The molecule has 3 aromatic rings. The predicted octanol–water partition coefficient (Wildman–Crippen LogP) is 1.10. The lowest BCUT2D eigenvalue weighted by molar-refractivity contribution is -0.141. The van der Waals surface area contributed by atoms with Gasteiger partial charge in [0.1, 0.15) is 36.3 Å². The van der Waals surface area contributed by atoms with Crippen LogP contribution in [0.3, 0.4) is 0 Å². The SMILES string of the molecule is Cc1ccc([C@H](O)[C@H](O)[C@@H](O)[C@H](O)[C@H](O)CO)cc1Cc1ccc(-c2ccc(F)cc2)s1.O. The van der Waals surface area contributed by atoms with Gasteiger partial charge in [-0.05, 0) is 53.4 Å². The van der Waals surface area contributed by atoms with Crippen molar-refractivity contribution in [3.63, 3.8) is 0 Å². The van der Waals surface area contributed by atoms with Gasteiger partial charge in [0.15, 0.2) is 0 Å². The van der Waals surface area contributed by atoms with Crippen LogP contribution in [0.25, 0.3) is 10.4 Å². The summed E-state index contributed by atoms with van der Waals surface area (Å²) in [6, 6.07) is 15.4. The summed E-state index contributed by atoms with van der Waals surface area (Å²) in [5, 5.41) is 59.0. The van der Waals surface area contributed by atoms with Crippen LogP contribution in [0, 0.1) is 12.7 Å². The van der Waals surface area contributed by atoms with Crippen molar-refractivity contribution in [2.24, 2.45) is 0 Å². The molecule has 5 atom stereocenters. The summed E-state index contributed by atoms with van der Waals surface area (Å²) in [7, 11) is 0. The number of halogens is 1. The van der Waals surface area contributed by atoms with Crippen molar-refractivity contribution in [1.29, 1.82) is 0 Å². The maximum atomic E-state index is 13.2. The van der Waals surface area contributed by atoms with Gasteiger partial charge in [0.2, 0.25) is 0 Å². The molecule has 180 valence electrons. The van der Waals surface area contributed by atoms with Crippen molar-refractivity contribution < 1.29 is 40.5 Å². The number of aliphatic hydroxyl groups excluding tert-OH is 6. The number of aryl methyl sites for hydroxylation is 1. The molecule has 0 amide bonds. The minimum absolute atomic E-state index is 0. The molecule has 0 spiro atoms. The Kier molecular flexibility index (Phi) is 9.65. The number of hydrogen-bond donors (Lipinski definition) is 6. The van der Waals surface area contributed by atoms with Gasteiger partial charge in [0.05, 0.1) is 6.61 Å². The molecule has 0 saturated heterocycles. The molecule has 8 N–H and O–H groups in total. The standard InChI is InChI=1S/C24H27FO6S.H2O/c1-13-2-3-15(21(28)23(30)24(31)22(29)19(27)12-26)10-16(13)11-18-8-9-20(32-18)14-4-6-17(25)7-5-14;/h2-10,19,21-24,26-31H,11-12H2,1H3;1H2/t19-,21+,22-,23+,24+;/m1./s1. The predicted molar refractivity (Wildman–Crippen MR) is 123 cm³/mol. The van der Waals surface area contributed by atoms with Crippen LogP contribution in [0.15, 0.2) is 54.6 Å². The van der Waals surface area contributed by atoms with E-state index < -0.39 is 37.1 Å². The van der Waals surface area contributed by atoms with E-state index in [4.69, 9.17) is 5.11 Å². The quantitative estimate of drug-likeness (QED) is 0.270. The minimum Gasteiger partial charge on any atom is -0.412 e. The van der Waals surface area contributed by atoms with E-state index in [1.54, 1.807) is 41.7 Å². The van der Waals surface area contributed by atoms with E-state index in [9.17, 15) is 29.9 Å². The van der Waals surface area contributed by atoms with Crippen molar-refractivity contribution in [2.75, 3.05) is 6.61 Å². The molecule has 2 aromatic carbocycles. The molecule has 0 bridgehead atoms. The van der Waals surface area contributed by atoms with Crippen LogP contribution in [-0.2, 0) is 6.42 Å². The Morgan fingerprint density at radius 3 is 2.15 bits per heavy atom. The fourth-order valence-electron chi connectivity index (χ4n) is 3.42. The second-order valence-electron chi connectivity index (χ2n) is 7.80. The second-order valence-corrected chi connectivity index (χ2v) is 8.97. The lowest BCUT2D eigenvalue weighted by Crippen LogP contribution is -2.47. The summed E-state index contributed by atoms with van der Waals surface area (Å²) in [6.45, 7) is 1.13. The van der Waals surface area contributed by atoms with Crippen LogP contribution in [0.1, 0.15) is 27.7 Å². The zero-order valence-electron chi connectivity index (χ0n) is 18.0. The maximum absolute atomic E-state index is 13.2. The van der Waals surface area contributed by atoms with Crippen molar-refractivity contribution in [1.82, 2.24) is 0 Å². The fourth-order valence-corrected chi connectivity index (χ4v) is 4.45. The fraction of sp³-hybridized carbons (Fsp3) is 0.333. The van der Waals surface area contributed by atoms with Gasteiger partial charge in [-0.3, -0.25) is 0 Å². The third-order valence-corrected chi connectivity index (χ3v) is 6.61. The summed E-state index contributed by atoms with van der Waals surface area (Å²) in [4.78, 5) is 2.06. The van der Waals surface area contributed by atoms with Gasteiger partial charge in [-0.15, -0.1) is 11.3 Å². The lowest BCUT2D eigenvalue weighted by Gasteiger charge is -2.29. The Labute approximate surface area is 195 Å². The Balaban J connectivity index is 0.00000385. The summed E-state index contributed by atoms with van der Waals surface area (Å²) in [5.41, 5.74) is 3.15. The molecule has 1 heterocycles. The largest absolute Gasteiger partial charge is 0.412 e. The van der Waals surface area contributed by atoms with Crippen LogP contribution in [-0.4, -0.2) is 67.1 Å². The van der Waals surface area contributed by atoms with Gasteiger partial charge in [-0.25, -0.2) is 4.39 Å². The summed E-state index contributed by atoms with van der Waals surface area (Å²) in [6.07, 6.45) is -8.02. The molecule has 1 aromatic heterocycles. The first-order valence-electron chi connectivity index (χ1n) is 10.2. The van der Waals surface area contributed by atoms with Crippen LogP contribution >= 0.6 is 11.3 Å². The third-order valence-electron chi connectivity index (χ3n) is 5.47. The first-order valence-corrected chi connectivity index (χ1v) is 11.0. The normalized spacial score (nSPS) is 15.9. The average Bonchev–Trinajstić information content (AvgIpc) is 3.26. The lowest BCUT2D eigenvalue weighted by atomic mass is 9.92. The van der Waals surface area contributed by atoms with E-state index in [0.29, 0.717) is 12.0 Å². The van der Waals surface area contributed by atoms with Crippen molar-refractivity contribution in [2.45, 2.75) is 43.9 Å². The van der Waals surface area contributed by atoms with E-state index >= 15 is 0 Å². The highest BCUT2D eigenvalue weighted by Gasteiger charge is 2.34. The summed E-state index contributed by atoms with van der Waals surface area (Å²) >= 11 is 1.57. The highest BCUT2D eigenvalue weighted by atomic mass is 32.1. The topological polar surface area (TPSA) is 153 Å². The molecule has 0 radical (unpaired) electrons. The van der Waals surface area contributed by atoms with Crippen molar-refractivity contribution >= 4 is 11.3 Å². The zero-order valence-corrected chi connectivity index (χ0v) is 18.8. The van der Waals surface area contributed by atoms with E-state index in [1.165, 1.54) is 12.1 Å². The third kappa shape index (κ3) is 6.44. The molecule has 0 aliphatic heterocycles. The summed E-state index contributed by atoms with van der Waals surface area (Å²) < 4.78 is 13.2. The molecule has 0 unspecified atom stereocenters. The van der Waals surface area contributed by atoms with Gasteiger partial charge in [0.25, 0.3) is 0 Å². The van der Waals surface area contributed by atoms with Gasteiger partial charge < -0.3 is 36.1 Å². The van der Waals surface area contributed by atoms with E-state index in [0.717, 1.165) is 26.4 Å². The Bertz CT molecular complexity index is 1020. The van der Waals surface area contributed by atoms with E-state index in [2.05, 4.69) is 0 Å². The van der Waals surface area contributed by atoms with Crippen LogP contribution in [0.4, 0.5) is 4.39 Å². The molecule has 7 nitrogen and oxygen atoms in total. The summed E-state index contributed by atoms with van der Waals surface area (Å²) in [5.74, 6) is -0.290. The number of aliphatic hydroxyl groups is 6. The number of benzene rings is 2. The van der Waals surface area contributed by atoms with Gasteiger partial charge in [0, 0.05) is 16.2 Å². The highest BCUT2D eigenvalue weighted by Crippen LogP contribution is 2.31. The van der Waals surface area contributed by atoms with Gasteiger partial charge in [-0.1, -0.05) is 30.3 Å². The maximum Gasteiger partial charge on any atom is 0.123 e. The van der Waals surface area contributed by atoms with Crippen molar-refractivity contribution in [3.8, 4) is 10.4 Å². The first-order chi connectivity index (χ1) is 15.2. The molecule has 3 rings (SSSR count). The number of hydrogen-bond acceptors (Lipinski definition) is 7. The van der Waals surface area contributed by atoms with Crippen LogP contribution in [0.5, 0.6) is 0 Å². The number of rotatable bonds is 9. The number of thiophene rings is 1. The Morgan fingerprint density at radius 2 is 1.52 bits per heavy atom. The average molecular weight is 481 g/mol. The van der Waals surface area contributed by atoms with E-state index in [-0.39, 0.29) is 11.3 Å². The molecule has 0 aliphatic rings. The monoisotopic (exact) mass is 480 g/mol. The van der Waals surface area contributed by atoms with Crippen molar-refractivity contribution in [3.05, 3.63) is 82.0 Å². The Morgan fingerprint density at radius 1 is 0.848 bits per heavy atom. The van der Waals surface area contributed by atoms with Crippen LogP contribution < -0.4 is 0 Å². The Hall–Kier alpha value is -2.21. The smallest absolute Gasteiger partial charge is 0.123 e. The molecule has 0 fully saturated rings. The molecule has 33 heavy (non-hydrogen) atoms.